The smallest absolute Gasteiger partial charge is 0.321 e. The summed E-state index contributed by atoms with van der Waals surface area (Å²) in [6.45, 7) is 4.41. The van der Waals surface area contributed by atoms with E-state index >= 15 is 0 Å². The third kappa shape index (κ3) is 3.95. The number of fused-ring (bicyclic) bond motifs is 3. The lowest BCUT2D eigenvalue weighted by Gasteiger charge is -2.46. The molecular formula is C24H29N3O5. The minimum atomic E-state index is -0.522. The zero-order valence-corrected chi connectivity index (χ0v) is 18.3. The van der Waals surface area contributed by atoms with Crippen molar-refractivity contribution in [1.29, 1.82) is 0 Å². The van der Waals surface area contributed by atoms with Crippen LogP contribution in [0, 0.1) is 0 Å². The molecule has 2 N–H and O–H groups in total. The summed E-state index contributed by atoms with van der Waals surface area (Å²) in [6.07, 6.45) is 6.08. The van der Waals surface area contributed by atoms with Gasteiger partial charge >= 0.3 is 6.03 Å². The summed E-state index contributed by atoms with van der Waals surface area (Å²) < 4.78 is 16.9. The lowest BCUT2D eigenvalue weighted by molar-refractivity contribution is -0.122. The van der Waals surface area contributed by atoms with Gasteiger partial charge in [0.2, 0.25) is 5.91 Å². The van der Waals surface area contributed by atoms with Crippen molar-refractivity contribution >= 4 is 11.9 Å². The summed E-state index contributed by atoms with van der Waals surface area (Å²) in [6, 6.07) is 7.29. The van der Waals surface area contributed by atoms with Crippen LogP contribution in [0.5, 0.6) is 11.5 Å². The Morgan fingerprint density at radius 3 is 2.62 bits per heavy atom. The molecule has 5 rings (SSSR count). The molecule has 8 nitrogen and oxygen atoms in total. The van der Waals surface area contributed by atoms with Crippen LogP contribution in [-0.4, -0.2) is 43.1 Å². The second-order valence-electron chi connectivity index (χ2n) is 8.96. The first-order valence-electron chi connectivity index (χ1n) is 11.3. The molecule has 8 heteroatoms. The first-order chi connectivity index (χ1) is 15.5. The van der Waals surface area contributed by atoms with Gasteiger partial charge in [-0.3, -0.25) is 15.0 Å². The van der Waals surface area contributed by atoms with Crippen molar-refractivity contribution in [3.05, 3.63) is 47.4 Å². The molecule has 1 unspecified atom stereocenters. The third-order valence-corrected chi connectivity index (χ3v) is 6.95. The number of nitrogens with zero attached hydrogens (tertiary/aromatic N) is 1. The molecule has 1 saturated carbocycles. The molecule has 1 aliphatic carbocycles. The molecule has 3 heterocycles. The zero-order valence-electron chi connectivity index (χ0n) is 18.3. The Hall–Kier alpha value is -3.00. The fourth-order valence-corrected chi connectivity index (χ4v) is 5.36. The maximum atomic E-state index is 12.7. The summed E-state index contributed by atoms with van der Waals surface area (Å²) in [7, 11) is 0. The molecule has 1 aromatic heterocycles. The SMILES string of the molecule is CC1c2cc3c(cc2C2(CCCC2)CN1CC(=O)NC(=O)NCc1ccco1)OCCO3. The van der Waals surface area contributed by atoms with Gasteiger partial charge in [-0.15, -0.1) is 0 Å². The van der Waals surface area contributed by atoms with E-state index in [0.717, 1.165) is 30.9 Å². The van der Waals surface area contributed by atoms with E-state index in [1.807, 2.05) is 0 Å². The minimum absolute atomic E-state index is 0.0134. The monoisotopic (exact) mass is 439 g/mol. The summed E-state index contributed by atoms with van der Waals surface area (Å²) in [5, 5.41) is 5.10. The fraction of sp³-hybridized carbons (Fsp3) is 0.500. The van der Waals surface area contributed by atoms with Crippen molar-refractivity contribution in [2.45, 2.75) is 50.6 Å². The predicted molar refractivity (Wildman–Crippen MR) is 117 cm³/mol. The van der Waals surface area contributed by atoms with Gasteiger partial charge in [-0.2, -0.15) is 0 Å². The molecule has 1 aromatic carbocycles. The Balaban J connectivity index is 1.31. The number of nitrogens with one attached hydrogen (secondary N) is 2. The maximum Gasteiger partial charge on any atom is 0.321 e. The van der Waals surface area contributed by atoms with E-state index in [9.17, 15) is 9.59 Å². The van der Waals surface area contributed by atoms with E-state index in [2.05, 4.69) is 34.6 Å². The minimum Gasteiger partial charge on any atom is -0.486 e. The van der Waals surface area contributed by atoms with Crippen molar-refractivity contribution in [2.24, 2.45) is 0 Å². The van der Waals surface area contributed by atoms with Gasteiger partial charge < -0.3 is 19.2 Å². The van der Waals surface area contributed by atoms with E-state index in [1.165, 1.54) is 24.0 Å². The summed E-state index contributed by atoms with van der Waals surface area (Å²) >= 11 is 0. The number of hydrogen-bond donors (Lipinski definition) is 2. The maximum absolute atomic E-state index is 12.7. The van der Waals surface area contributed by atoms with E-state index < -0.39 is 6.03 Å². The van der Waals surface area contributed by atoms with Crippen LogP contribution >= 0.6 is 0 Å². The number of carbonyl (C=O) groups excluding carboxylic acids is 2. The zero-order chi connectivity index (χ0) is 22.1. The van der Waals surface area contributed by atoms with Gasteiger partial charge in [0.25, 0.3) is 0 Å². The van der Waals surface area contributed by atoms with Crippen LogP contribution < -0.4 is 20.1 Å². The van der Waals surface area contributed by atoms with Gasteiger partial charge in [0.1, 0.15) is 19.0 Å². The van der Waals surface area contributed by atoms with Crippen LogP contribution in [0.2, 0.25) is 0 Å². The number of urea groups is 1. The van der Waals surface area contributed by atoms with Crippen molar-refractivity contribution in [1.82, 2.24) is 15.5 Å². The van der Waals surface area contributed by atoms with Crippen molar-refractivity contribution in [2.75, 3.05) is 26.3 Å². The number of amides is 3. The van der Waals surface area contributed by atoms with Crippen LogP contribution in [-0.2, 0) is 16.8 Å². The third-order valence-electron chi connectivity index (χ3n) is 6.95. The van der Waals surface area contributed by atoms with Crippen molar-refractivity contribution in [3.63, 3.8) is 0 Å². The van der Waals surface area contributed by atoms with E-state index in [1.54, 1.807) is 18.4 Å². The van der Waals surface area contributed by atoms with Crippen LogP contribution in [0.3, 0.4) is 0 Å². The number of rotatable bonds is 4. The molecule has 0 saturated heterocycles. The summed E-state index contributed by atoms with van der Waals surface area (Å²) in [5.74, 6) is 1.92. The van der Waals surface area contributed by atoms with E-state index in [-0.39, 0.29) is 30.5 Å². The lowest BCUT2D eigenvalue weighted by atomic mass is 9.71. The number of carbonyl (C=O) groups is 2. The van der Waals surface area contributed by atoms with Gasteiger partial charge in [-0.1, -0.05) is 12.8 Å². The average Bonchev–Trinajstić information content (AvgIpc) is 3.48. The first-order valence-corrected chi connectivity index (χ1v) is 11.3. The second-order valence-corrected chi connectivity index (χ2v) is 8.96. The van der Waals surface area contributed by atoms with Gasteiger partial charge in [-0.05, 0) is 55.2 Å². The van der Waals surface area contributed by atoms with Crippen molar-refractivity contribution < 1.29 is 23.5 Å². The molecule has 2 aromatic rings. The number of hydrogen-bond acceptors (Lipinski definition) is 6. The topological polar surface area (TPSA) is 93.0 Å². The number of benzene rings is 1. The number of furan rings is 1. The molecule has 170 valence electrons. The Labute approximate surface area is 187 Å². The highest BCUT2D eigenvalue weighted by molar-refractivity contribution is 5.95. The molecule has 0 bridgehead atoms. The van der Waals surface area contributed by atoms with Gasteiger partial charge in [-0.25, -0.2) is 4.79 Å². The highest BCUT2D eigenvalue weighted by Crippen LogP contribution is 2.51. The van der Waals surface area contributed by atoms with Crippen LogP contribution in [0.1, 0.15) is 55.5 Å². The fourth-order valence-electron chi connectivity index (χ4n) is 5.36. The quantitative estimate of drug-likeness (QED) is 0.760. The summed E-state index contributed by atoms with van der Waals surface area (Å²) in [5.41, 5.74) is 2.54. The molecule has 32 heavy (non-hydrogen) atoms. The lowest BCUT2D eigenvalue weighted by Crippen LogP contribution is -2.51. The molecular weight excluding hydrogens is 410 g/mol. The van der Waals surface area contributed by atoms with Crippen LogP contribution in [0.4, 0.5) is 4.79 Å². The van der Waals surface area contributed by atoms with Crippen molar-refractivity contribution in [3.8, 4) is 11.5 Å². The molecule has 1 fully saturated rings. The van der Waals surface area contributed by atoms with E-state index in [4.69, 9.17) is 13.9 Å². The molecule has 3 aliphatic rings. The second kappa shape index (κ2) is 8.50. The molecule has 1 atom stereocenters. The van der Waals surface area contributed by atoms with Crippen LogP contribution in [0.15, 0.2) is 34.9 Å². The number of imide groups is 1. The highest BCUT2D eigenvalue weighted by atomic mass is 16.6. The average molecular weight is 440 g/mol. The summed E-state index contributed by atoms with van der Waals surface area (Å²) in [4.78, 5) is 27.0. The standard InChI is InChI=1S/C24H29N3O5/c1-16-18-11-20-21(32-10-9-31-20)12-19(18)24(6-2-3-7-24)15-27(16)14-22(28)26-23(29)25-13-17-5-4-8-30-17/h4-5,8,11-12,16H,2-3,6-7,9-10,13-15H2,1H3,(H2,25,26,28,29). The van der Waals surface area contributed by atoms with Gasteiger partial charge in [0.15, 0.2) is 11.5 Å². The van der Waals surface area contributed by atoms with Gasteiger partial charge in [0, 0.05) is 18.0 Å². The first kappa shape index (κ1) is 20.9. The Morgan fingerprint density at radius 1 is 1.16 bits per heavy atom. The molecule has 3 amide bonds. The Bertz CT molecular complexity index is 997. The van der Waals surface area contributed by atoms with Crippen LogP contribution in [0.25, 0.3) is 0 Å². The Morgan fingerprint density at radius 2 is 1.91 bits per heavy atom. The predicted octanol–water partition coefficient (Wildman–Crippen LogP) is 3.27. The largest absolute Gasteiger partial charge is 0.486 e. The normalized spacial score (nSPS) is 21.2. The van der Waals surface area contributed by atoms with Gasteiger partial charge in [0.05, 0.1) is 19.4 Å². The molecule has 2 aliphatic heterocycles. The molecule has 0 radical (unpaired) electrons. The van der Waals surface area contributed by atoms with E-state index in [0.29, 0.717) is 19.0 Å². The number of ether oxygens (including phenoxy) is 2. The Kier molecular flexibility index (Phi) is 5.55. The molecule has 1 spiro atoms. The highest BCUT2D eigenvalue weighted by Gasteiger charge is 2.45.